The van der Waals surface area contributed by atoms with Gasteiger partial charge in [-0.15, -0.1) is 11.8 Å². The minimum Gasteiger partial charge on any atom is -0.507 e. The Morgan fingerprint density at radius 1 is 1.26 bits per heavy atom. The fraction of sp³-hybridized carbons (Fsp3) is 0.571. The van der Waals surface area contributed by atoms with Crippen LogP contribution in [0.2, 0.25) is 0 Å². The Hall–Kier alpha value is -0.520. The zero-order valence-electron chi connectivity index (χ0n) is 12.2. The van der Waals surface area contributed by atoms with Crippen LogP contribution in [0.25, 0.3) is 0 Å². The molecule has 106 valence electrons. The van der Waals surface area contributed by atoms with Crippen molar-refractivity contribution in [3.05, 3.63) is 12.1 Å². The molecule has 1 heterocycles. The van der Waals surface area contributed by atoms with Crippen molar-refractivity contribution in [1.29, 1.82) is 0 Å². The molecular formula is C14H22N2OS2. The largest absolute Gasteiger partial charge is 0.507 e. The average Bonchev–Trinajstić information content (AvgIpc) is 2.45. The van der Waals surface area contributed by atoms with Crippen LogP contribution >= 0.6 is 23.7 Å². The Balaban J connectivity index is 2.54. The summed E-state index contributed by atoms with van der Waals surface area (Å²) in [5.74, 6) is 0.378. The standard InChI is InChI=1S/C14H22N2OS2/c1-14(2,3)16-7-6-15(4)19-12-9-11(17)13(18-5)8-10(12)16/h8-9,17H,6-7H2,1-5H3. The summed E-state index contributed by atoms with van der Waals surface area (Å²) in [4.78, 5) is 4.50. The third-order valence-electron chi connectivity index (χ3n) is 3.25. The summed E-state index contributed by atoms with van der Waals surface area (Å²) in [5.41, 5.74) is 1.30. The number of rotatable bonds is 1. The third-order valence-corrected chi connectivity index (χ3v) is 5.04. The molecule has 0 amide bonds. The van der Waals surface area contributed by atoms with Crippen LogP contribution in [0.5, 0.6) is 5.75 Å². The van der Waals surface area contributed by atoms with Gasteiger partial charge >= 0.3 is 0 Å². The predicted octanol–water partition coefficient (Wildman–Crippen LogP) is 3.67. The molecule has 0 aromatic heterocycles. The molecular weight excluding hydrogens is 276 g/mol. The molecule has 0 unspecified atom stereocenters. The minimum atomic E-state index is 0.0765. The van der Waals surface area contributed by atoms with E-state index in [0.29, 0.717) is 5.75 Å². The fourth-order valence-electron chi connectivity index (χ4n) is 2.26. The van der Waals surface area contributed by atoms with E-state index in [-0.39, 0.29) is 5.54 Å². The molecule has 5 heteroatoms. The van der Waals surface area contributed by atoms with Gasteiger partial charge in [-0.2, -0.15) is 0 Å². The first-order valence-corrected chi connectivity index (χ1v) is 8.40. The Morgan fingerprint density at radius 2 is 1.95 bits per heavy atom. The lowest BCUT2D eigenvalue weighted by Gasteiger charge is -2.37. The van der Waals surface area contributed by atoms with Crippen LogP contribution in [0.3, 0.4) is 0 Å². The molecule has 3 nitrogen and oxygen atoms in total. The van der Waals surface area contributed by atoms with E-state index in [1.54, 1.807) is 23.7 Å². The molecule has 2 rings (SSSR count). The molecule has 1 aliphatic rings. The van der Waals surface area contributed by atoms with Gasteiger partial charge in [-0.05, 0) is 58.2 Å². The van der Waals surface area contributed by atoms with Crippen LogP contribution < -0.4 is 4.90 Å². The lowest BCUT2D eigenvalue weighted by atomic mass is 10.0. The molecule has 1 aliphatic heterocycles. The first-order chi connectivity index (χ1) is 8.82. The molecule has 19 heavy (non-hydrogen) atoms. The lowest BCUT2D eigenvalue weighted by Crippen LogP contribution is -2.43. The van der Waals surface area contributed by atoms with Crippen LogP contribution in [0.15, 0.2) is 21.9 Å². The number of hydrogen-bond donors (Lipinski definition) is 1. The minimum absolute atomic E-state index is 0.0765. The van der Waals surface area contributed by atoms with Gasteiger partial charge in [0.2, 0.25) is 0 Å². The summed E-state index contributed by atoms with van der Waals surface area (Å²) >= 11 is 3.30. The maximum absolute atomic E-state index is 10.1. The highest BCUT2D eigenvalue weighted by atomic mass is 32.2. The van der Waals surface area contributed by atoms with E-state index in [9.17, 15) is 5.11 Å². The van der Waals surface area contributed by atoms with Gasteiger partial charge in [-0.25, -0.2) is 4.31 Å². The van der Waals surface area contributed by atoms with E-state index < -0.39 is 0 Å². The van der Waals surface area contributed by atoms with Crippen LogP contribution in [-0.2, 0) is 0 Å². The van der Waals surface area contributed by atoms with Gasteiger partial charge in [-0.1, -0.05) is 0 Å². The van der Waals surface area contributed by atoms with Crippen molar-refractivity contribution in [3.8, 4) is 5.75 Å². The van der Waals surface area contributed by atoms with Crippen LogP contribution in [0.4, 0.5) is 5.69 Å². The van der Waals surface area contributed by atoms with Gasteiger partial charge in [0.05, 0.1) is 15.5 Å². The van der Waals surface area contributed by atoms with E-state index in [2.05, 4.69) is 43.1 Å². The van der Waals surface area contributed by atoms with Gasteiger partial charge in [0, 0.05) is 18.6 Å². The first-order valence-electron chi connectivity index (χ1n) is 6.40. The summed E-state index contributed by atoms with van der Waals surface area (Å²) in [6.45, 7) is 8.71. The van der Waals surface area contributed by atoms with Crippen molar-refractivity contribution in [2.75, 3.05) is 31.3 Å². The summed E-state index contributed by atoms with van der Waals surface area (Å²) in [7, 11) is 2.10. The molecule has 0 bridgehead atoms. The molecule has 0 spiro atoms. The second-order valence-electron chi connectivity index (χ2n) is 5.76. The van der Waals surface area contributed by atoms with E-state index in [1.807, 2.05) is 12.3 Å². The van der Waals surface area contributed by atoms with Crippen molar-refractivity contribution in [2.45, 2.75) is 36.1 Å². The molecule has 0 radical (unpaired) electrons. The number of anilines is 1. The second kappa shape index (κ2) is 5.46. The molecule has 0 atom stereocenters. The number of phenols is 1. The average molecular weight is 298 g/mol. The summed E-state index contributed by atoms with van der Waals surface area (Å²) in [6.07, 6.45) is 2.00. The topological polar surface area (TPSA) is 26.7 Å². The van der Waals surface area contributed by atoms with Crippen LogP contribution in [-0.4, -0.2) is 41.3 Å². The maximum Gasteiger partial charge on any atom is 0.130 e. The Bertz CT molecular complexity index is 471. The van der Waals surface area contributed by atoms with Crippen LogP contribution in [0.1, 0.15) is 20.8 Å². The number of hydrogen-bond acceptors (Lipinski definition) is 5. The summed E-state index contributed by atoms with van der Waals surface area (Å²) < 4.78 is 2.22. The van der Waals surface area contributed by atoms with Gasteiger partial charge < -0.3 is 10.0 Å². The highest BCUT2D eigenvalue weighted by Gasteiger charge is 2.28. The molecule has 0 aliphatic carbocycles. The van der Waals surface area contributed by atoms with Crippen molar-refractivity contribution in [1.82, 2.24) is 4.31 Å². The zero-order chi connectivity index (χ0) is 14.2. The number of likely N-dealkylation sites (N-methyl/N-ethyl adjacent to an activating group) is 1. The molecule has 0 saturated heterocycles. The number of fused-ring (bicyclic) bond motifs is 1. The smallest absolute Gasteiger partial charge is 0.130 e. The number of aromatic hydroxyl groups is 1. The lowest BCUT2D eigenvalue weighted by molar-refractivity contribution is 0.457. The first kappa shape index (κ1) is 14.9. The van der Waals surface area contributed by atoms with Crippen molar-refractivity contribution in [2.24, 2.45) is 0 Å². The maximum atomic E-state index is 10.1. The summed E-state index contributed by atoms with van der Waals surface area (Å²) in [5, 5.41) is 10.1. The number of phenolic OH excluding ortho intramolecular Hbond substituents is 1. The molecule has 1 aromatic carbocycles. The molecule has 0 saturated carbocycles. The molecule has 1 N–H and O–H groups in total. The Labute approximate surface area is 124 Å². The number of nitrogens with zero attached hydrogens (tertiary/aromatic N) is 2. The van der Waals surface area contributed by atoms with Gasteiger partial charge in [0.25, 0.3) is 0 Å². The highest BCUT2D eigenvalue weighted by molar-refractivity contribution is 7.98. The van der Waals surface area contributed by atoms with E-state index >= 15 is 0 Å². The van der Waals surface area contributed by atoms with Crippen LogP contribution in [0, 0.1) is 0 Å². The van der Waals surface area contributed by atoms with E-state index in [1.165, 1.54) is 5.69 Å². The predicted molar refractivity (Wildman–Crippen MR) is 85.5 cm³/mol. The quantitative estimate of drug-likeness (QED) is 0.630. The van der Waals surface area contributed by atoms with Gasteiger partial charge in [-0.3, -0.25) is 0 Å². The fourth-order valence-corrected chi connectivity index (χ4v) is 3.69. The normalized spacial score (nSPS) is 17.2. The van der Waals surface area contributed by atoms with Crippen molar-refractivity contribution in [3.63, 3.8) is 0 Å². The van der Waals surface area contributed by atoms with E-state index in [0.717, 1.165) is 22.9 Å². The Kier molecular flexibility index (Phi) is 4.28. The van der Waals surface area contributed by atoms with Crippen molar-refractivity contribution >= 4 is 29.4 Å². The third kappa shape index (κ3) is 3.15. The van der Waals surface area contributed by atoms with Crippen molar-refractivity contribution < 1.29 is 5.11 Å². The Morgan fingerprint density at radius 3 is 2.53 bits per heavy atom. The number of benzene rings is 1. The monoisotopic (exact) mass is 298 g/mol. The highest BCUT2D eigenvalue weighted by Crippen LogP contribution is 2.43. The molecule has 1 aromatic rings. The van der Waals surface area contributed by atoms with Gasteiger partial charge in [0.15, 0.2) is 0 Å². The molecule has 0 fully saturated rings. The van der Waals surface area contributed by atoms with Gasteiger partial charge in [0.1, 0.15) is 5.75 Å². The second-order valence-corrected chi connectivity index (χ2v) is 7.85. The summed E-state index contributed by atoms with van der Waals surface area (Å²) in [6, 6.07) is 4.01. The van der Waals surface area contributed by atoms with E-state index in [4.69, 9.17) is 0 Å². The number of thioether (sulfide) groups is 1. The SMILES string of the molecule is CSc1cc2c(cc1O)SN(C)CCN2C(C)(C)C. The zero-order valence-corrected chi connectivity index (χ0v) is 13.9.